The zero-order valence-electron chi connectivity index (χ0n) is 15.9. The highest BCUT2D eigenvalue weighted by atomic mass is 16.5. The van der Waals surface area contributed by atoms with Crippen molar-refractivity contribution >= 4 is 23.0 Å². The van der Waals surface area contributed by atoms with Crippen LogP contribution in [0.5, 0.6) is 5.75 Å². The Morgan fingerprint density at radius 2 is 2.11 bits per heavy atom. The molecule has 1 aliphatic heterocycles. The fourth-order valence-corrected chi connectivity index (χ4v) is 3.52. The van der Waals surface area contributed by atoms with E-state index in [4.69, 9.17) is 9.72 Å². The van der Waals surface area contributed by atoms with Crippen molar-refractivity contribution in [3.8, 4) is 5.75 Å². The molecule has 1 saturated heterocycles. The van der Waals surface area contributed by atoms with Crippen LogP contribution in [0.2, 0.25) is 0 Å². The molecule has 1 aromatic carbocycles. The summed E-state index contributed by atoms with van der Waals surface area (Å²) in [5.41, 5.74) is 2.88. The Kier molecular flexibility index (Phi) is 5.11. The zero-order chi connectivity index (χ0) is 18.6. The van der Waals surface area contributed by atoms with E-state index in [1.165, 1.54) is 19.4 Å². The van der Waals surface area contributed by atoms with Gasteiger partial charge in [0.2, 0.25) is 0 Å². The van der Waals surface area contributed by atoms with Gasteiger partial charge in [-0.15, -0.1) is 0 Å². The van der Waals surface area contributed by atoms with Gasteiger partial charge in [-0.05, 0) is 51.0 Å². The molecular formula is C20H27N6O+. The average Bonchev–Trinajstić information content (AvgIpc) is 3.16. The van der Waals surface area contributed by atoms with Crippen molar-refractivity contribution < 1.29 is 10.1 Å². The first-order valence-electron chi connectivity index (χ1n) is 9.67. The summed E-state index contributed by atoms with van der Waals surface area (Å²) in [4.78, 5) is 4.79. The number of anilines is 3. The molecule has 4 rings (SSSR count). The molecule has 2 aromatic heterocycles. The third-order valence-corrected chi connectivity index (χ3v) is 4.95. The van der Waals surface area contributed by atoms with Gasteiger partial charge in [0.05, 0.1) is 31.9 Å². The fourth-order valence-electron chi connectivity index (χ4n) is 3.52. The Morgan fingerprint density at radius 1 is 1.26 bits per heavy atom. The van der Waals surface area contributed by atoms with E-state index in [0.29, 0.717) is 12.6 Å². The molecule has 0 radical (unpaired) electrons. The predicted molar refractivity (Wildman–Crippen MR) is 107 cm³/mol. The Labute approximate surface area is 159 Å². The number of benzene rings is 1. The summed E-state index contributed by atoms with van der Waals surface area (Å²) in [6.45, 7) is 7.04. The number of rotatable bonds is 6. The van der Waals surface area contributed by atoms with Crippen LogP contribution in [0.1, 0.15) is 25.3 Å². The minimum atomic E-state index is 0.452. The third kappa shape index (κ3) is 3.83. The molecule has 27 heavy (non-hydrogen) atoms. The maximum absolute atomic E-state index is 5.53. The van der Waals surface area contributed by atoms with Crippen molar-refractivity contribution in [2.75, 3.05) is 30.3 Å². The highest BCUT2D eigenvalue weighted by molar-refractivity contribution is 5.69. The van der Waals surface area contributed by atoms with Crippen molar-refractivity contribution in [1.82, 2.24) is 14.6 Å². The summed E-state index contributed by atoms with van der Waals surface area (Å²) in [6, 6.07) is 10.4. The number of piperidine rings is 1. The number of nitrogens with zero attached hydrogens (tertiary/aromatic N) is 3. The van der Waals surface area contributed by atoms with E-state index in [1.807, 2.05) is 41.8 Å². The molecule has 0 bridgehead atoms. The van der Waals surface area contributed by atoms with Gasteiger partial charge in [0, 0.05) is 17.3 Å². The average molecular weight is 367 g/mol. The van der Waals surface area contributed by atoms with Crippen molar-refractivity contribution in [2.24, 2.45) is 0 Å². The minimum absolute atomic E-state index is 0.452. The quantitative estimate of drug-likeness (QED) is 0.623. The van der Waals surface area contributed by atoms with E-state index in [2.05, 4.69) is 28.0 Å². The Hall–Kier alpha value is -2.80. The van der Waals surface area contributed by atoms with Crippen LogP contribution in [0.25, 0.3) is 5.65 Å². The predicted octanol–water partition coefficient (Wildman–Crippen LogP) is 2.32. The SMILES string of the molecule is CCOc1ccc(Nc2c(C)c(N[C@H]3CCC[NH2+]C3)nc3ccnn23)cc1. The summed E-state index contributed by atoms with van der Waals surface area (Å²) >= 11 is 0. The molecule has 1 atom stereocenters. The topological polar surface area (TPSA) is 80.1 Å². The first kappa shape index (κ1) is 17.6. The highest BCUT2D eigenvalue weighted by Gasteiger charge is 2.19. The molecule has 3 heterocycles. The lowest BCUT2D eigenvalue weighted by Gasteiger charge is -2.23. The van der Waals surface area contributed by atoms with Crippen molar-refractivity contribution in [2.45, 2.75) is 32.7 Å². The van der Waals surface area contributed by atoms with Crippen molar-refractivity contribution in [3.05, 3.63) is 42.1 Å². The van der Waals surface area contributed by atoms with Crippen LogP contribution < -0.4 is 20.7 Å². The molecule has 0 aliphatic carbocycles. The molecule has 0 spiro atoms. The maximum atomic E-state index is 5.53. The van der Waals surface area contributed by atoms with Crippen molar-refractivity contribution in [1.29, 1.82) is 0 Å². The van der Waals surface area contributed by atoms with E-state index in [0.717, 1.165) is 40.8 Å². The van der Waals surface area contributed by atoms with Crippen LogP contribution in [0, 0.1) is 6.92 Å². The highest BCUT2D eigenvalue weighted by Crippen LogP contribution is 2.28. The summed E-state index contributed by atoms with van der Waals surface area (Å²) in [5, 5.41) is 14.0. The van der Waals surface area contributed by atoms with Gasteiger partial charge in [-0.25, -0.2) is 4.98 Å². The first-order chi connectivity index (χ1) is 13.2. The number of nitrogens with one attached hydrogen (secondary N) is 2. The molecule has 1 fully saturated rings. The van der Waals surface area contributed by atoms with Crippen LogP contribution in [0.15, 0.2) is 36.5 Å². The van der Waals surface area contributed by atoms with Crippen LogP contribution >= 0.6 is 0 Å². The minimum Gasteiger partial charge on any atom is -0.494 e. The van der Waals surface area contributed by atoms with Gasteiger partial charge in [0.1, 0.15) is 17.4 Å². The lowest BCUT2D eigenvalue weighted by Crippen LogP contribution is -2.88. The van der Waals surface area contributed by atoms with Gasteiger partial charge in [-0.1, -0.05) is 0 Å². The standard InChI is InChI=1S/C20H26N6O/c1-3-27-17-8-6-15(7-9-17)24-20-14(2)19(23-16-5-4-11-21-13-16)25-18-10-12-22-26(18)20/h6-10,12,16,21,24H,3-5,11,13H2,1-2H3,(H,23,25)/p+1/t16-/m0/s1. The second-order valence-corrected chi connectivity index (χ2v) is 6.91. The molecule has 1 aliphatic rings. The zero-order valence-corrected chi connectivity index (χ0v) is 15.9. The van der Waals surface area contributed by atoms with E-state index in [1.54, 1.807) is 6.20 Å². The third-order valence-electron chi connectivity index (χ3n) is 4.95. The normalized spacial score (nSPS) is 17.0. The number of quaternary nitrogens is 1. The fraction of sp³-hybridized carbons (Fsp3) is 0.400. The molecular weight excluding hydrogens is 340 g/mol. The number of nitrogens with two attached hydrogens (primary N) is 1. The molecule has 4 N–H and O–H groups in total. The van der Waals surface area contributed by atoms with Crippen LogP contribution in [0.4, 0.5) is 17.3 Å². The Morgan fingerprint density at radius 3 is 2.85 bits per heavy atom. The van der Waals surface area contributed by atoms with E-state index in [9.17, 15) is 0 Å². The van der Waals surface area contributed by atoms with Gasteiger partial charge in [0.15, 0.2) is 5.65 Å². The second kappa shape index (κ2) is 7.84. The molecule has 0 saturated carbocycles. The van der Waals surface area contributed by atoms with Crippen LogP contribution in [0.3, 0.4) is 0 Å². The Balaban J connectivity index is 1.64. The molecule has 0 amide bonds. The number of hydrogen-bond donors (Lipinski definition) is 3. The van der Waals surface area contributed by atoms with Gasteiger partial charge < -0.3 is 20.7 Å². The maximum Gasteiger partial charge on any atom is 0.159 e. The summed E-state index contributed by atoms with van der Waals surface area (Å²) < 4.78 is 7.38. The smallest absolute Gasteiger partial charge is 0.159 e. The van der Waals surface area contributed by atoms with E-state index in [-0.39, 0.29) is 0 Å². The Bertz CT molecular complexity index is 899. The summed E-state index contributed by atoms with van der Waals surface area (Å²) in [5.74, 6) is 2.72. The summed E-state index contributed by atoms with van der Waals surface area (Å²) in [6.07, 6.45) is 4.20. The molecule has 142 valence electrons. The van der Waals surface area contributed by atoms with Crippen LogP contribution in [-0.4, -0.2) is 40.3 Å². The lowest BCUT2D eigenvalue weighted by atomic mass is 10.1. The molecule has 0 unspecified atom stereocenters. The van der Waals surface area contributed by atoms with E-state index < -0.39 is 0 Å². The monoisotopic (exact) mass is 367 g/mol. The van der Waals surface area contributed by atoms with Crippen molar-refractivity contribution in [3.63, 3.8) is 0 Å². The van der Waals surface area contributed by atoms with Gasteiger partial charge >= 0.3 is 0 Å². The first-order valence-corrected chi connectivity index (χ1v) is 9.67. The number of ether oxygens (including phenoxy) is 1. The molecule has 3 aromatic rings. The number of aromatic nitrogens is 3. The molecule has 7 heteroatoms. The summed E-state index contributed by atoms with van der Waals surface area (Å²) in [7, 11) is 0. The van der Waals surface area contributed by atoms with Crippen LogP contribution in [-0.2, 0) is 0 Å². The number of fused-ring (bicyclic) bond motifs is 1. The second-order valence-electron chi connectivity index (χ2n) is 6.91. The molecule has 7 nitrogen and oxygen atoms in total. The van der Waals surface area contributed by atoms with E-state index >= 15 is 0 Å². The van der Waals surface area contributed by atoms with Gasteiger partial charge in [0.25, 0.3) is 0 Å². The largest absolute Gasteiger partial charge is 0.494 e. The number of hydrogen-bond acceptors (Lipinski definition) is 5. The van der Waals surface area contributed by atoms with Gasteiger partial charge in [-0.3, -0.25) is 0 Å². The lowest BCUT2D eigenvalue weighted by molar-refractivity contribution is -0.663. The van der Waals surface area contributed by atoms with Gasteiger partial charge in [-0.2, -0.15) is 9.61 Å².